The number of aliphatic hydroxyl groups is 1. The van der Waals surface area contributed by atoms with Gasteiger partial charge < -0.3 is 44.2 Å². The first kappa shape index (κ1) is 39.6. The van der Waals surface area contributed by atoms with Crippen molar-refractivity contribution in [3.8, 4) is 0 Å². The second-order valence-corrected chi connectivity index (χ2v) is 10.3. The van der Waals surface area contributed by atoms with Gasteiger partial charge in [0.15, 0.2) is 11.2 Å². The molecule has 25 heteroatoms. The molecule has 1 fully saturated rings. The standard InChI is InChI=1S/C10H16N5O13P3.4Na/c11-10-13-8-7(9(17)14-10)12-3-15(8)6-1-4(16)5(26-6)2-25-30(21,22)28-31(23,24)27-29(18,19)20;;;;/h3-6,16H,1-2H2,(H,21,22)(H,23,24)(H2,18,19,20)(H3,11,13,14,17);;;;/q;4*+1/p-4. The van der Waals surface area contributed by atoms with E-state index in [1.54, 1.807) is 0 Å². The number of nitrogen functional groups attached to an aromatic ring is 1. The normalized spacial score (nSPS) is 23.1. The van der Waals surface area contributed by atoms with Crippen molar-refractivity contribution < 1.29 is 174 Å². The Morgan fingerprint density at radius 2 is 1.74 bits per heavy atom. The molecule has 2 aromatic heterocycles. The summed E-state index contributed by atoms with van der Waals surface area (Å²) >= 11 is 0. The molecule has 0 aliphatic carbocycles. The molecule has 18 nitrogen and oxygen atoms in total. The average molecular weight is 595 g/mol. The molecular weight excluding hydrogens is 583 g/mol. The van der Waals surface area contributed by atoms with Gasteiger partial charge in [0.1, 0.15) is 12.3 Å². The van der Waals surface area contributed by atoms with Crippen molar-refractivity contribution in [3.63, 3.8) is 0 Å². The first-order valence-electron chi connectivity index (χ1n) is 7.93. The van der Waals surface area contributed by atoms with Gasteiger partial charge in [0.05, 0.1) is 26.9 Å². The molecule has 1 aliphatic rings. The zero-order valence-electron chi connectivity index (χ0n) is 18.8. The number of fused-ring (bicyclic) bond motifs is 1. The van der Waals surface area contributed by atoms with Crippen molar-refractivity contribution in [2.75, 3.05) is 12.3 Å². The molecule has 0 radical (unpaired) electrons. The molecule has 0 aromatic carbocycles. The number of H-pyrrole nitrogens is 1. The number of hydrogen-bond acceptors (Lipinski definition) is 16. The minimum Gasteiger partial charge on any atom is -0.790 e. The molecule has 1 saturated heterocycles. The Morgan fingerprint density at radius 1 is 1.14 bits per heavy atom. The quantitative estimate of drug-likeness (QED) is 0.189. The van der Waals surface area contributed by atoms with Gasteiger partial charge in [-0.1, -0.05) is 0 Å². The van der Waals surface area contributed by atoms with Crippen LogP contribution in [-0.4, -0.2) is 43.4 Å². The van der Waals surface area contributed by atoms with Crippen molar-refractivity contribution in [2.24, 2.45) is 0 Å². The molecule has 0 spiro atoms. The third-order valence-corrected chi connectivity index (χ3v) is 7.43. The minimum atomic E-state index is -6.12. The van der Waals surface area contributed by atoms with E-state index in [1.165, 1.54) is 10.9 Å². The number of hydrogen-bond donors (Lipinski definition) is 3. The predicted octanol–water partition coefficient (Wildman–Crippen LogP) is -15.8. The number of imidazole rings is 1. The summed E-state index contributed by atoms with van der Waals surface area (Å²) in [7, 11) is -18.0. The van der Waals surface area contributed by atoms with Gasteiger partial charge in [0.2, 0.25) is 5.95 Å². The molecule has 4 N–H and O–H groups in total. The van der Waals surface area contributed by atoms with Crippen molar-refractivity contribution in [3.05, 3.63) is 16.7 Å². The van der Waals surface area contributed by atoms with E-state index in [-0.39, 0.29) is 142 Å². The summed E-state index contributed by atoms with van der Waals surface area (Å²) in [4.78, 5) is 65.1. The molecular formula is C10H12N5Na4O13P3. The fraction of sp³-hybridized carbons (Fsp3) is 0.500. The summed E-state index contributed by atoms with van der Waals surface area (Å²) in [6.07, 6.45) is -2.64. The number of nitrogens with one attached hydrogen (secondary N) is 1. The summed E-state index contributed by atoms with van der Waals surface area (Å²) < 4.78 is 50.4. The van der Waals surface area contributed by atoms with Gasteiger partial charge in [-0.25, -0.2) is 9.29 Å². The van der Waals surface area contributed by atoms with Crippen LogP contribution in [0, 0.1) is 0 Å². The summed E-state index contributed by atoms with van der Waals surface area (Å²) in [5.41, 5.74) is 4.78. The van der Waals surface area contributed by atoms with Crippen LogP contribution in [0.15, 0.2) is 11.1 Å². The predicted molar refractivity (Wildman–Crippen MR) is 88.0 cm³/mol. The molecule has 3 heterocycles. The van der Waals surface area contributed by atoms with Gasteiger partial charge in [0.25, 0.3) is 21.2 Å². The number of nitrogens with two attached hydrogens (primary N) is 1. The van der Waals surface area contributed by atoms with Gasteiger partial charge in [-0.15, -0.1) is 0 Å². The fourth-order valence-electron chi connectivity index (χ4n) is 2.64. The Kier molecular flexibility index (Phi) is 17.5. The minimum absolute atomic E-state index is 0. The zero-order chi connectivity index (χ0) is 23.2. The maximum Gasteiger partial charge on any atom is 1.00 e. The number of ether oxygens (including phenoxy) is 1. The average Bonchev–Trinajstić information content (AvgIpc) is 3.13. The smallest absolute Gasteiger partial charge is 0.790 e. The SMILES string of the molecule is Nc1nc2c(ncn2C2CC(O)C(COP(=O)([O-])OP(=O)([O-])OP(=O)([O-])[O-])O2)c(=O)[nH]1.[Na+].[Na+].[Na+].[Na+]. The first-order chi connectivity index (χ1) is 14.2. The van der Waals surface area contributed by atoms with Gasteiger partial charge >= 0.3 is 118 Å². The van der Waals surface area contributed by atoms with E-state index >= 15 is 0 Å². The van der Waals surface area contributed by atoms with Crippen LogP contribution in [0.2, 0.25) is 0 Å². The number of aromatic amines is 1. The Hall–Kier alpha value is 2.48. The topological polar surface area (TPSA) is 290 Å². The molecule has 3 rings (SSSR count). The van der Waals surface area contributed by atoms with E-state index in [4.69, 9.17) is 10.5 Å². The molecule has 5 atom stereocenters. The van der Waals surface area contributed by atoms with Crippen molar-refractivity contribution in [1.82, 2.24) is 19.5 Å². The summed E-state index contributed by atoms with van der Waals surface area (Å²) in [5.74, 6) is -0.216. The Balaban J connectivity index is 0. The number of anilines is 1. The second kappa shape index (κ2) is 15.5. The number of phosphoric ester groups is 1. The zero-order valence-corrected chi connectivity index (χ0v) is 29.5. The van der Waals surface area contributed by atoms with E-state index in [1.807, 2.05) is 0 Å². The van der Waals surface area contributed by atoms with E-state index < -0.39 is 54.1 Å². The van der Waals surface area contributed by atoms with Gasteiger partial charge in [-0.3, -0.25) is 27.8 Å². The van der Waals surface area contributed by atoms with Crippen LogP contribution in [0.25, 0.3) is 11.2 Å². The molecule has 35 heavy (non-hydrogen) atoms. The number of rotatable bonds is 8. The second-order valence-electron chi connectivity index (χ2n) is 6.01. The number of aliphatic hydroxyl groups excluding tert-OH is 1. The van der Waals surface area contributed by atoms with Crippen LogP contribution < -0.4 is 149 Å². The fourth-order valence-corrected chi connectivity index (χ4v) is 5.50. The Bertz CT molecular complexity index is 1190. The molecule has 0 bridgehead atoms. The molecule has 2 aromatic rings. The molecule has 1 aliphatic heterocycles. The van der Waals surface area contributed by atoms with E-state index in [0.717, 1.165) is 0 Å². The van der Waals surface area contributed by atoms with Crippen molar-refractivity contribution >= 4 is 40.6 Å². The summed E-state index contributed by atoms with van der Waals surface area (Å²) in [6, 6.07) is 0. The largest absolute Gasteiger partial charge is 1.00 e. The first-order valence-corrected chi connectivity index (χ1v) is 12.3. The van der Waals surface area contributed by atoms with E-state index in [9.17, 15) is 43.2 Å². The maximum absolute atomic E-state index is 11.8. The van der Waals surface area contributed by atoms with E-state index in [2.05, 4.69) is 28.1 Å². The molecule has 174 valence electrons. The maximum atomic E-state index is 11.8. The molecule has 0 amide bonds. The van der Waals surface area contributed by atoms with Crippen LogP contribution >= 0.6 is 23.5 Å². The number of aromatic nitrogens is 4. The summed E-state index contributed by atoms with van der Waals surface area (Å²) in [6.45, 7) is -0.965. The van der Waals surface area contributed by atoms with Gasteiger partial charge in [-0.05, 0) is 0 Å². The third kappa shape index (κ3) is 11.5. The van der Waals surface area contributed by atoms with Crippen LogP contribution in [0.4, 0.5) is 5.95 Å². The van der Waals surface area contributed by atoms with Gasteiger partial charge in [-0.2, -0.15) is 4.98 Å². The van der Waals surface area contributed by atoms with Crippen LogP contribution in [-0.2, 0) is 31.6 Å². The van der Waals surface area contributed by atoms with Crippen molar-refractivity contribution in [2.45, 2.75) is 24.9 Å². The third-order valence-electron chi connectivity index (χ3n) is 3.76. The van der Waals surface area contributed by atoms with Crippen LogP contribution in [0.1, 0.15) is 12.6 Å². The molecule has 5 unspecified atom stereocenters. The summed E-state index contributed by atoms with van der Waals surface area (Å²) in [5, 5.41) is 10.1. The number of phosphoric acid groups is 3. The van der Waals surface area contributed by atoms with Crippen molar-refractivity contribution in [1.29, 1.82) is 0 Å². The van der Waals surface area contributed by atoms with E-state index in [0.29, 0.717) is 0 Å². The Labute approximate surface area is 284 Å². The van der Waals surface area contributed by atoms with Gasteiger partial charge in [0, 0.05) is 6.42 Å². The number of nitrogens with zero attached hydrogens (tertiary/aromatic N) is 3. The monoisotopic (exact) mass is 595 g/mol. The van der Waals surface area contributed by atoms with Crippen LogP contribution in [0.3, 0.4) is 0 Å². The Morgan fingerprint density at radius 3 is 2.31 bits per heavy atom. The molecule has 0 saturated carbocycles. The van der Waals surface area contributed by atoms with Crippen LogP contribution in [0.5, 0.6) is 0 Å².